The Morgan fingerprint density at radius 2 is 1.75 bits per heavy atom. The molecule has 5 heteroatoms. The lowest BCUT2D eigenvalue weighted by Gasteiger charge is -2.13. The van der Waals surface area contributed by atoms with Crippen LogP contribution in [0.4, 0.5) is 4.39 Å². The van der Waals surface area contributed by atoms with Gasteiger partial charge in [-0.1, -0.05) is 12.1 Å². The first-order valence-electron chi connectivity index (χ1n) is 7.24. The Morgan fingerprint density at radius 3 is 2.33 bits per heavy atom. The van der Waals surface area contributed by atoms with Gasteiger partial charge in [0, 0.05) is 16.8 Å². The van der Waals surface area contributed by atoms with Gasteiger partial charge in [-0.3, -0.25) is 9.59 Å². The number of aromatic nitrogens is 1. The average molecular weight is 323 g/mol. The molecule has 24 heavy (non-hydrogen) atoms. The summed E-state index contributed by atoms with van der Waals surface area (Å²) in [6, 6.07) is 14.4. The third kappa shape index (κ3) is 2.72. The molecule has 0 saturated carbocycles. The minimum Gasteiger partial charge on any atom is -0.497 e. The summed E-state index contributed by atoms with van der Waals surface area (Å²) in [4.78, 5) is 22.9. The molecular formula is C19H14FNO3. The normalized spacial score (nSPS) is 10.4. The Hall–Kier alpha value is -3.21. The molecule has 0 spiro atoms. The molecule has 120 valence electrons. The Labute approximate surface area is 138 Å². The lowest BCUT2D eigenvalue weighted by atomic mass is 10.1. The van der Waals surface area contributed by atoms with Crippen LogP contribution in [0.5, 0.6) is 5.75 Å². The smallest absolute Gasteiger partial charge is 0.166 e. The van der Waals surface area contributed by atoms with Gasteiger partial charge in [-0.2, -0.15) is 0 Å². The van der Waals surface area contributed by atoms with Gasteiger partial charge >= 0.3 is 0 Å². The second kappa shape index (κ2) is 6.50. The minimum atomic E-state index is -0.417. The van der Waals surface area contributed by atoms with Crippen molar-refractivity contribution in [3.05, 3.63) is 71.7 Å². The van der Waals surface area contributed by atoms with Crippen molar-refractivity contribution in [2.24, 2.45) is 0 Å². The standard InChI is InChI=1S/C19H14FNO3/c1-24-18-7-5-16(6-8-18)21-17(12-23)10-14(11-22)19(21)13-3-2-4-15(20)9-13/h2-12H,1H3. The zero-order valence-corrected chi connectivity index (χ0v) is 12.9. The second-order valence-electron chi connectivity index (χ2n) is 5.15. The van der Waals surface area contributed by atoms with Gasteiger partial charge in [-0.25, -0.2) is 4.39 Å². The van der Waals surface area contributed by atoms with E-state index < -0.39 is 5.82 Å². The fraction of sp³-hybridized carbons (Fsp3) is 0.0526. The number of hydrogen-bond acceptors (Lipinski definition) is 3. The molecule has 0 aliphatic carbocycles. The summed E-state index contributed by atoms with van der Waals surface area (Å²) in [6.07, 6.45) is 1.33. The topological polar surface area (TPSA) is 48.3 Å². The molecule has 0 atom stereocenters. The maximum Gasteiger partial charge on any atom is 0.166 e. The molecule has 0 saturated heterocycles. The van der Waals surface area contributed by atoms with Crippen LogP contribution in [0, 0.1) is 5.82 Å². The molecule has 0 bridgehead atoms. The predicted molar refractivity (Wildman–Crippen MR) is 88.5 cm³/mol. The van der Waals surface area contributed by atoms with Gasteiger partial charge in [0.25, 0.3) is 0 Å². The summed E-state index contributed by atoms with van der Waals surface area (Å²) < 4.78 is 20.4. The molecule has 0 unspecified atom stereocenters. The summed E-state index contributed by atoms with van der Waals surface area (Å²) in [5.41, 5.74) is 2.28. The summed E-state index contributed by atoms with van der Waals surface area (Å²) in [7, 11) is 1.56. The van der Waals surface area contributed by atoms with Gasteiger partial charge in [0.15, 0.2) is 12.6 Å². The van der Waals surface area contributed by atoms with Gasteiger partial charge in [0.05, 0.1) is 18.5 Å². The first-order valence-corrected chi connectivity index (χ1v) is 7.24. The van der Waals surface area contributed by atoms with Crippen LogP contribution < -0.4 is 4.74 Å². The largest absolute Gasteiger partial charge is 0.497 e. The number of nitrogens with zero attached hydrogens (tertiary/aromatic N) is 1. The van der Waals surface area contributed by atoms with Gasteiger partial charge in [0.2, 0.25) is 0 Å². The summed E-state index contributed by atoms with van der Waals surface area (Å²) >= 11 is 0. The van der Waals surface area contributed by atoms with Crippen molar-refractivity contribution in [1.29, 1.82) is 0 Å². The van der Waals surface area contributed by atoms with Crippen LogP contribution in [-0.4, -0.2) is 24.2 Å². The Balaban J connectivity index is 2.28. The molecule has 3 aromatic rings. The van der Waals surface area contributed by atoms with E-state index >= 15 is 0 Å². The number of carbonyl (C=O) groups excluding carboxylic acids is 2. The molecule has 0 N–H and O–H groups in total. The first-order chi connectivity index (χ1) is 11.7. The monoisotopic (exact) mass is 323 g/mol. The van der Waals surface area contributed by atoms with Crippen molar-refractivity contribution < 1.29 is 18.7 Å². The van der Waals surface area contributed by atoms with E-state index in [2.05, 4.69) is 0 Å². The number of methoxy groups -OCH3 is 1. The molecular weight excluding hydrogens is 309 g/mol. The fourth-order valence-electron chi connectivity index (χ4n) is 2.67. The van der Waals surface area contributed by atoms with E-state index in [1.165, 1.54) is 18.2 Å². The van der Waals surface area contributed by atoms with E-state index in [0.29, 0.717) is 46.5 Å². The fourth-order valence-corrected chi connectivity index (χ4v) is 2.67. The highest BCUT2D eigenvalue weighted by atomic mass is 19.1. The third-order valence-corrected chi connectivity index (χ3v) is 3.74. The molecule has 2 aromatic carbocycles. The van der Waals surface area contributed by atoms with E-state index in [-0.39, 0.29) is 0 Å². The van der Waals surface area contributed by atoms with Crippen LogP contribution in [0.1, 0.15) is 20.8 Å². The average Bonchev–Trinajstić information content (AvgIpc) is 3.00. The zero-order valence-electron chi connectivity index (χ0n) is 12.9. The van der Waals surface area contributed by atoms with Gasteiger partial charge in [-0.15, -0.1) is 0 Å². The summed E-state index contributed by atoms with van der Waals surface area (Å²) in [6.45, 7) is 0. The van der Waals surface area contributed by atoms with Crippen LogP contribution >= 0.6 is 0 Å². The predicted octanol–water partition coefficient (Wildman–Crippen LogP) is 3.92. The van der Waals surface area contributed by atoms with Crippen molar-refractivity contribution >= 4 is 12.6 Å². The number of rotatable bonds is 5. The number of ether oxygens (including phenoxy) is 1. The maximum atomic E-state index is 13.6. The Morgan fingerprint density at radius 1 is 1.00 bits per heavy atom. The van der Waals surface area contributed by atoms with Crippen LogP contribution in [0.3, 0.4) is 0 Å². The van der Waals surface area contributed by atoms with Gasteiger partial charge in [0.1, 0.15) is 11.6 Å². The number of benzene rings is 2. The highest BCUT2D eigenvalue weighted by molar-refractivity contribution is 5.92. The first kappa shape index (κ1) is 15.7. The number of halogens is 1. The number of aldehydes is 2. The summed E-state index contributed by atoms with van der Waals surface area (Å²) in [5, 5.41) is 0. The molecule has 4 nitrogen and oxygen atoms in total. The molecule has 1 heterocycles. The van der Waals surface area contributed by atoms with Crippen LogP contribution in [0.15, 0.2) is 54.6 Å². The molecule has 0 radical (unpaired) electrons. The van der Waals surface area contributed by atoms with E-state index in [1.807, 2.05) is 0 Å². The quantitative estimate of drug-likeness (QED) is 0.669. The molecule has 1 aromatic heterocycles. The molecule has 0 aliphatic rings. The van der Waals surface area contributed by atoms with Crippen LogP contribution in [0.25, 0.3) is 16.9 Å². The molecule has 0 fully saturated rings. The number of carbonyl (C=O) groups is 2. The highest BCUT2D eigenvalue weighted by Crippen LogP contribution is 2.30. The van der Waals surface area contributed by atoms with E-state index in [9.17, 15) is 14.0 Å². The molecule has 3 rings (SSSR count). The molecule has 0 amide bonds. The SMILES string of the molecule is COc1ccc(-n2c(C=O)cc(C=O)c2-c2cccc(F)c2)cc1. The van der Waals surface area contributed by atoms with E-state index in [4.69, 9.17) is 4.74 Å². The van der Waals surface area contributed by atoms with E-state index in [1.54, 1.807) is 48.1 Å². The lowest BCUT2D eigenvalue weighted by molar-refractivity contribution is 0.111. The van der Waals surface area contributed by atoms with Crippen molar-refractivity contribution in [3.8, 4) is 22.7 Å². The van der Waals surface area contributed by atoms with Gasteiger partial charge < -0.3 is 9.30 Å². The van der Waals surface area contributed by atoms with Crippen molar-refractivity contribution in [1.82, 2.24) is 4.57 Å². The minimum absolute atomic E-state index is 0.307. The maximum absolute atomic E-state index is 13.6. The zero-order chi connectivity index (χ0) is 17.1. The third-order valence-electron chi connectivity index (χ3n) is 3.74. The molecule has 0 aliphatic heterocycles. The van der Waals surface area contributed by atoms with Crippen molar-refractivity contribution in [3.63, 3.8) is 0 Å². The lowest BCUT2D eigenvalue weighted by Crippen LogP contribution is -2.02. The van der Waals surface area contributed by atoms with E-state index in [0.717, 1.165) is 0 Å². The highest BCUT2D eigenvalue weighted by Gasteiger charge is 2.18. The van der Waals surface area contributed by atoms with Crippen LogP contribution in [0.2, 0.25) is 0 Å². The Kier molecular flexibility index (Phi) is 4.24. The summed E-state index contributed by atoms with van der Waals surface area (Å²) in [5.74, 6) is 0.251. The van der Waals surface area contributed by atoms with Crippen molar-refractivity contribution in [2.45, 2.75) is 0 Å². The van der Waals surface area contributed by atoms with Crippen molar-refractivity contribution in [2.75, 3.05) is 7.11 Å². The second-order valence-corrected chi connectivity index (χ2v) is 5.15. The number of hydrogen-bond donors (Lipinski definition) is 0. The van der Waals surface area contributed by atoms with Gasteiger partial charge in [-0.05, 0) is 42.5 Å². The van der Waals surface area contributed by atoms with Crippen LogP contribution in [-0.2, 0) is 0 Å². The Bertz CT molecular complexity index is 897.